The van der Waals surface area contributed by atoms with Crippen LogP contribution < -0.4 is 10.7 Å². The average molecular weight is 323 g/mol. The normalized spacial score (nSPS) is 11.2. The van der Waals surface area contributed by atoms with E-state index in [1.165, 1.54) is 6.07 Å². The van der Waals surface area contributed by atoms with E-state index in [0.29, 0.717) is 23.3 Å². The van der Waals surface area contributed by atoms with Gasteiger partial charge in [-0.2, -0.15) is 5.10 Å². The first-order valence-corrected chi connectivity index (χ1v) is 7.46. The first-order valence-electron chi connectivity index (χ1n) is 7.46. The van der Waals surface area contributed by atoms with Gasteiger partial charge in [-0.3, -0.25) is 14.3 Å². The number of carbonyl (C=O) groups is 1. The number of furan rings is 1. The van der Waals surface area contributed by atoms with Crippen LogP contribution in [0.5, 0.6) is 0 Å². The summed E-state index contributed by atoms with van der Waals surface area (Å²) in [5.41, 5.74) is 0.183. The van der Waals surface area contributed by atoms with E-state index in [2.05, 4.69) is 10.4 Å². The van der Waals surface area contributed by atoms with Gasteiger partial charge in [0.25, 0.3) is 5.91 Å². The fourth-order valence-electron chi connectivity index (χ4n) is 2.49. The van der Waals surface area contributed by atoms with E-state index in [9.17, 15) is 9.59 Å². The molecule has 7 heteroatoms. The number of rotatable bonds is 3. The molecule has 0 aliphatic rings. The molecule has 0 saturated heterocycles. The molecule has 0 aliphatic heterocycles. The summed E-state index contributed by atoms with van der Waals surface area (Å²) >= 11 is 0. The monoisotopic (exact) mass is 323 g/mol. The molecular weight excluding hydrogens is 310 g/mol. The molecule has 120 valence electrons. The second-order valence-electron chi connectivity index (χ2n) is 5.25. The number of benzene rings is 1. The van der Waals surface area contributed by atoms with Gasteiger partial charge in [0, 0.05) is 24.9 Å². The van der Waals surface area contributed by atoms with Crippen LogP contribution in [-0.4, -0.2) is 15.7 Å². The van der Waals surface area contributed by atoms with Crippen LogP contribution in [0.25, 0.3) is 22.1 Å². The van der Waals surface area contributed by atoms with E-state index in [1.807, 2.05) is 6.92 Å². The maximum absolute atomic E-state index is 12.5. The minimum absolute atomic E-state index is 0.00722. The van der Waals surface area contributed by atoms with Gasteiger partial charge in [0.2, 0.25) is 5.43 Å². The largest absolute Gasteiger partial charge is 0.425 e. The summed E-state index contributed by atoms with van der Waals surface area (Å²) in [4.78, 5) is 24.7. The van der Waals surface area contributed by atoms with Gasteiger partial charge in [0.1, 0.15) is 11.0 Å². The van der Waals surface area contributed by atoms with Crippen molar-refractivity contribution in [2.45, 2.75) is 13.5 Å². The Morgan fingerprint density at radius 3 is 2.83 bits per heavy atom. The van der Waals surface area contributed by atoms with Crippen LogP contribution in [0.1, 0.15) is 17.5 Å². The van der Waals surface area contributed by atoms with E-state index < -0.39 is 5.91 Å². The summed E-state index contributed by atoms with van der Waals surface area (Å²) in [6.45, 7) is 2.64. The highest BCUT2D eigenvalue weighted by atomic mass is 16.5. The zero-order chi connectivity index (χ0) is 16.7. The molecule has 0 radical (unpaired) electrons. The van der Waals surface area contributed by atoms with Crippen molar-refractivity contribution in [2.24, 2.45) is 0 Å². The lowest BCUT2D eigenvalue weighted by Crippen LogP contribution is -2.11. The highest BCUT2D eigenvalue weighted by Gasteiger charge is 2.18. The van der Waals surface area contributed by atoms with E-state index in [0.717, 1.165) is 0 Å². The highest BCUT2D eigenvalue weighted by Crippen LogP contribution is 2.22. The van der Waals surface area contributed by atoms with Crippen molar-refractivity contribution in [1.82, 2.24) is 9.78 Å². The number of aryl methyl sites for hydroxylation is 1. The molecule has 1 N–H and O–H groups in total. The summed E-state index contributed by atoms with van der Waals surface area (Å²) in [5.74, 6) is -0.0619. The zero-order valence-electron chi connectivity index (χ0n) is 12.8. The Balaban J connectivity index is 1.74. The molecule has 0 saturated carbocycles. The molecule has 1 amide bonds. The molecular formula is C17H13N3O4. The summed E-state index contributed by atoms with van der Waals surface area (Å²) in [7, 11) is 0. The summed E-state index contributed by atoms with van der Waals surface area (Å²) in [6.07, 6.45) is 1.76. The number of hydrogen-bond acceptors (Lipinski definition) is 5. The molecule has 4 rings (SSSR count). The van der Waals surface area contributed by atoms with Crippen LogP contribution in [-0.2, 0) is 6.54 Å². The van der Waals surface area contributed by atoms with Crippen LogP contribution >= 0.6 is 0 Å². The molecule has 0 aliphatic carbocycles. The Hall–Kier alpha value is -3.35. The predicted octanol–water partition coefficient (Wildman–Crippen LogP) is 3.01. The quantitative estimate of drug-likeness (QED) is 0.626. The number of nitrogens with zero attached hydrogens (tertiary/aromatic N) is 2. The number of hydrogen-bond donors (Lipinski definition) is 1. The van der Waals surface area contributed by atoms with Crippen molar-refractivity contribution >= 4 is 33.9 Å². The molecule has 3 aromatic heterocycles. The molecule has 7 nitrogen and oxygen atoms in total. The smallest absolute Gasteiger partial charge is 0.302 e. The lowest BCUT2D eigenvalue weighted by atomic mass is 10.2. The van der Waals surface area contributed by atoms with E-state index in [-0.39, 0.29) is 22.4 Å². The summed E-state index contributed by atoms with van der Waals surface area (Å²) < 4.78 is 12.7. The van der Waals surface area contributed by atoms with Gasteiger partial charge in [-0.15, -0.1) is 0 Å². The zero-order valence-corrected chi connectivity index (χ0v) is 12.8. The van der Waals surface area contributed by atoms with E-state index in [4.69, 9.17) is 8.83 Å². The molecule has 3 heterocycles. The lowest BCUT2D eigenvalue weighted by molar-refractivity contribution is 0.0996. The standard InChI is InChI=1S/C17H13N3O4/c1-2-20-8-7-14(19-20)18-16(22)13-9-11-15(21)10-5-3-4-6-12(10)23-17(11)24-13/h3-9H,2H2,1H3,(H,18,19,22). The van der Waals surface area contributed by atoms with E-state index >= 15 is 0 Å². The Bertz CT molecular complexity index is 1120. The van der Waals surface area contributed by atoms with Crippen molar-refractivity contribution < 1.29 is 13.6 Å². The van der Waals surface area contributed by atoms with Crippen LogP contribution in [0.3, 0.4) is 0 Å². The Morgan fingerprint density at radius 1 is 1.21 bits per heavy atom. The maximum Gasteiger partial charge on any atom is 0.302 e. The van der Waals surface area contributed by atoms with Gasteiger partial charge in [-0.1, -0.05) is 12.1 Å². The number of carbonyl (C=O) groups excluding carboxylic acids is 1. The third-order valence-electron chi connectivity index (χ3n) is 3.71. The molecule has 0 fully saturated rings. The Kier molecular flexibility index (Phi) is 3.19. The van der Waals surface area contributed by atoms with Crippen molar-refractivity contribution in [3.8, 4) is 0 Å². The van der Waals surface area contributed by atoms with Gasteiger partial charge in [0.05, 0.1) is 5.39 Å². The van der Waals surface area contributed by atoms with Crippen LogP contribution in [0.15, 0.2) is 56.2 Å². The minimum atomic E-state index is -0.494. The van der Waals surface area contributed by atoms with Crippen molar-refractivity contribution in [2.75, 3.05) is 5.32 Å². The van der Waals surface area contributed by atoms with Crippen LogP contribution in [0.4, 0.5) is 5.82 Å². The highest BCUT2D eigenvalue weighted by molar-refractivity contribution is 6.04. The van der Waals surface area contributed by atoms with Crippen molar-refractivity contribution in [3.63, 3.8) is 0 Å². The number of para-hydroxylation sites is 1. The van der Waals surface area contributed by atoms with Gasteiger partial charge < -0.3 is 14.2 Å². The van der Waals surface area contributed by atoms with Gasteiger partial charge in [0.15, 0.2) is 11.6 Å². The average Bonchev–Trinajstić information content (AvgIpc) is 3.22. The van der Waals surface area contributed by atoms with Gasteiger partial charge in [-0.05, 0) is 19.1 Å². The molecule has 0 bridgehead atoms. The number of anilines is 1. The van der Waals surface area contributed by atoms with Crippen LogP contribution in [0, 0.1) is 0 Å². The topological polar surface area (TPSA) is 90.3 Å². The van der Waals surface area contributed by atoms with E-state index in [1.54, 1.807) is 41.2 Å². The second-order valence-corrected chi connectivity index (χ2v) is 5.25. The molecule has 24 heavy (non-hydrogen) atoms. The van der Waals surface area contributed by atoms with Crippen molar-refractivity contribution in [1.29, 1.82) is 0 Å². The predicted molar refractivity (Wildman–Crippen MR) is 88.1 cm³/mol. The summed E-state index contributed by atoms with van der Waals surface area (Å²) in [5, 5.41) is 7.47. The number of aromatic nitrogens is 2. The fourth-order valence-corrected chi connectivity index (χ4v) is 2.49. The first kappa shape index (κ1) is 14.3. The lowest BCUT2D eigenvalue weighted by Gasteiger charge is -1.98. The first-order chi connectivity index (χ1) is 11.7. The van der Waals surface area contributed by atoms with Crippen LogP contribution in [0.2, 0.25) is 0 Å². The Labute approximate surface area is 135 Å². The fraction of sp³-hybridized carbons (Fsp3) is 0.118. The second kappa shape index (κ2) is 5.38. The maximum atomic E-state index is 12.5. The molecule has 1 aromatic carbocycles. The number of nitrogens with one attached hydrogen (secondary N) is 1. The minimum Gasteiger partial charge on any atom is -0.425 e. The van der Waals surface area contributed by atoms with Gasteiger partial charge >= 0.3 is 5.78 Å². The molecule has 4 aromatic rings. The molecule has 0 atom stereocenters. The van der Waals surface area contributed by atoms with Crippen molar-refractivity contribution in [3.05, 3.63) is 58.6 Å². The van der Waals surface area contributed by atoms with Gasteiger partial charge in [-0.25, -0.2) is 0 Å². The Morgan fingerprint density at radius 2 is 2.04 bits per heavy atom. The number of amides is 1. The third-order valence-corrected chi connectivity index (χ3v) is 3.71. The SMILES string of the molecule is CCn1ccc(NC(=O)c2cc3c(=O)c4ccccc4oc3o2)n1. The molecule has 0 unspecified atom stereocenters. The summed E-state index contributed by atoms with van der Waals surface area (Å²) in [6, 6.07) is 9.93. The number of fused-ring (bicyclic) bond motifs is 2. The molecule has 0 spiro atoms. The third kappa shape index (κ3) is 2.26.